The Hall–Kier alpha value is -2.63. The quantitative estimate of drug-likeness (QED) is 0.297. The highest BCUT2D eigenvalue weighted by Crippen LogP contribution is 2.20. The van der Waals surface area contributed by atoms with Crippen LogP contribution in [-0.4, -0.2) is 64.3 Å². The van der Waals surface area contributed by atoms with Crippen molar-refractivity contribution in [1.29, 1.82) is 0 Å². The average molecular weight is 539 g/mol. The van der Waals surface area contributed by atoms with E-state index in [0.717, 1.165) is 28.1 Å². The van der Waals surface area contributed by atoms with Gasteiger partial charge in [-0.2, -0.15) is 5.10 Å². The molecule has 10 heteroatoms. The molecule has 2 N–H and O–H groups in total. The van der Waals surface area contributed by atoms with E-state index >= 15 is 0 Å². The summed E-state index contributed by atoms with van der Waals surface area (Å²) >= 11 is 0. The van der Waals surface area contributed by atoms with Crippen molar-refractivity contribution in [2.75, 3.05) is 37.6 Å². The van der Waals surface area contributed by atoms with E-state index in [-0.39, 0.29) is 42.2 Å². The lowest BCUT2D eigenvalue weighted by molar-refractivity contribution is -0.120. The van der Waals surface area contributed by atoms with Gasteiger partial charge in [0.15, 0.2) is 5.96 Å². The van der Waals surface area contributed by atoms with Crippen LogP contribution in [0.5, 0.6) is 0 Å². The third-order valence-corrected chi connectivity index (χ3v) is 5.23. The molecule has 1 saturated heterocycles. The number of benzene rings is 1. The van der Waals surface area contributed by atoms with Crippen molar-refractivity contribution in [1.82, 2.24) is 25.0 Å². The van der Waals surface area contributed by atoms with Crippen LogP contribution in [0.4, 0.5) is 10.1 Å². The van der Waals surface area contributed by atoms with Gasteiger partial charge >= 0.3 is 0 Å². The number of fused-ring (bicyclic) bond motifs is 1. The van der Waals surface area contributed by atoms with E-state index in [0.29, 0.717) is 32.6 Å². The topological polar surface area (TPSA) is 81.6 Å². The van der Waals surface area contributed by atoms with Crippen LogP contribution in [0.2, 0.25) is 0 Å². The van der Waals surface area contributed by atoms with Crippen molar-refractivity contribution >= 4 is 52.4 Å². The first kappa shape index (κ1) is 23.0. The number of rotatable bonds is 5. The summed E-state index contributed by atoms with van der Waals surface area (Å²) in [5, 5.41) is 8.31. The second kappa shape index (κ2) is 10.1. The van der Waals surface area contributed by atoms with Gasteiger partial charge in [-0.1, -0.05) is 0 Å². The molecule has 1 aromatic carbocycles. The molecule has 2 aromatic heterocycles. The van der Waals surface area contributed by atoms with Gasteiger partial charge in [0.25, 0.3) is 0 Å². The van der Waals surface area contributed by atoms with Crippen molar-refractivity contribution in [2.24, 2.45) is 12.0 Å². The molecule has 3 heterocycles. The number of aromatic amines is 1. The fraction of sp³-hybridized carbons (Fsp3) is 0.381. The maximum atomic E-state index is 13.6. The van der Waals surface area contributed by atoms with Crippen LogP contribution in [0.15, 0.2) is 41.8 Å². The lowest BCUT2D eigenvalue weighted by Gasteiger charge is -2.35. The smallest absolute Gasteiger partial charge is 0.246 e. The number of carbonyl (C=O) groups excluding carboxylic acids is 1. The van der Waals surface area contributed by atoms with E-state index in [1.54, 1.807) is 27.9 Å². The standard InChI is InChI=1S/C21H26FN7O.HI/c1-3-23-21(24-7-6-15-11-25-19-5-4-16(22)10-18(15)19)28-8-9-29(20(30)14-28)17-12-26-27(2)13-17;/h4-5,10-13,25H,3,6-9,14H2,1-2H3,(H,23,24);1H. The Morgan fingerprint density at radius 3 is 2.90 bits per heavy atom. The highest BCUT2D eigenvalue weighted by Gasteiger charge is 2.27. The molecule has 0 spiro atoms. The average Bonchev–Trinajstić information content (AvgIpc) is 3.33. The van der Waals surface area contributed by atoms with Crippen LogP contribution in [0.3, 0.4) is 0 Å². The molecule has 166 valence electrons. The van der Waals surface area contributed by atoms with E-state index in [9.17, 15) is 9.18 Å². The third kappa shape index (κ3) is 5.17. The van der Waals surface area contributed by atoms with Crippen LogP contribution in [0.1, 0.15) is 12.5 Å². The number of aryl methyl sites for hydroxylation is 1. The van der Waals surface area contributed by atoms with Crippen molar-refractivity contribution in [2.45, 2.75) is 13.3 Å². The zero-order valence-electron chi connectivity index (χ0n) is 17.6. The van der Waals surface area contributed by atoms with Gasteiger partial charge in [-0.15, -0.1) is 24.0 Å². The number of nitrogens with one attached hydrogen (secondary N) is 2. The lowest BCUT2D eigenvalue weighted by atomic mass is 10.1. The molecule has 0 radical (unpaired) electrons. The molecule has 3 aromatic rings. The number of amides is 1. The number of anilines is 1. The zero-order chi connectivity index (χ0) is 21.1. The number of hydrogen-bond acceptors (Lipinski definition) is 3. The molecule has 0 unspecified atom stereocenters. The first-order valence-corrected chi connectivity index (χ1v) is 10.1. The summed E-state index contributed by atoms with van der Waals surface area (Å²) in [7, 11) is 1.84. The van der Waals surface area contributed by atoms with E-state index in [1.807, 2.05) is 31.3 Å². The lowest BCUT2D eigenvalue weighted by Crippen LogP contribution is -2.55. The van der Waals surface area contributed by atoms with Crippen molar-refractivity contribution in [3.8, 4) is 0 Å². The van der Waals surface area contributed by atoms with Gasteiger partial charge in [-0.3, -0.25) is 14.5 Å². The van der Waals surface area contributed by atoms with Crippen LogP contribution >= 0.6 is 24.0 Å². The predicted molar refractivity (Wildman–Crippen MR) is 130 cm³/mol. The van der Waals surface area contributed by atoms with Crippen molar-refractivity contribution in [3.05, 3.63) is 48.2 Å². The maximum Gasteiger partial charge on any atom is 0.246 e. The number of halogens is 2. The summed E-state index contributed by atoms with van der Waals surface area (Å²) in [6, 6.07) is 4.74. The number of H-pyrrole nitrogens is 1. The Balaban J connectivity index is 0.00000272. The summed E-state index contributed by atoms with van der Waals surface area (Å²) < 4.78 is 15.3. The van der Waals surface area contributed by atoms with Crippen LogP contribution in [0.25, 0.3) is 10.9 Å². The van der Waals surface area contributed by atoms with Crippen LogP contribution in [-0.2, 0) is 18.3 Å². The minimum Gasteiger partial charge on any atom is -0.361 e. The molecule has 4 rings (SSSR count). The molecule has 0 atom stereocenters. The van der Waals surface area contributed by atoms with Crippen LogP contribution in [0, 0.1) is 5.82 Å². The van der Waals surface area contributed by atoms with Crippen LogP contribution < -0.4 is 10.2 Å². The Bertz CT molecular complexity index is 1080. The summed E-state index contributed by atoms with van der Waals surface area (Å²) in [5.41, 5.74) is 2.76. The molecule has 1 aliphatic heterocycles. The fourth-order valence-electron chi connectivity index (χ4n) is 3.74. The SMILES string of the molecule is CCNC(=NCCc1c[nH]c2ccc(F)cc12)N1CCN(c2cnn(C)c2)C(=O)C1.I. The Labute approximate surface area is 197 Å². The Morgan fingerprint density at radius 1 is 1.35 bits per heavy atom. The first-order valence-electron chi connectivity index (χ1n) is 10.1. The summed E-state index contributed by atoms with van der Waals surface area (Å²) in [6.45, 7) is 4.79. The van der Waals surface area contributed by atoms with Gasteiger partial charge in [0, 0.05) is 56.5 Å². The molecule has 0 aliphatic carbocycles. The van der Waals surface area contributed by atoms with Gasteiger partial charge in [0.05, 0.1) is 11.9 Å². The number of aliphatic imine (C=N–C) groups is 1. The van der Waals surface area contributed by atoms with Gasteiger partial charge < -0.3 is 20.1 Å². The molecule has 1 fully saturated rings. The molecule has 0 saturated carbocycles. The summed E-state index contributed by atoms with van der Waals surface area (Å²) in [6.07, 6.45) is 6.14. The number of nitrogens with zero attached hydrogens (tertiary/aromatic N) is 5. The van der Waals surface area contributed by atoms with E-state index < -0.39 is 0 Å². The number of carbonyl (C=O) groups is 1. The molecule has 1 amide bonds. The largest absolute Gasteiger partial charge is 0.361 e. The number of piperazine rings is 1. The second-order valence-corrected chi connectivity index (χ2v) is 7.33. The number of aromatic nitrogens is 3. The summed E-state index contributed by atoms with van der Waals surface area (Å²) in [4.78, 5) is 24.3. The van der Waals surface area contributed by atoms with Crippen molar-refractivity contribution < 1.29 is 9.18 Å². The maximum absolute atomic E-state index is 13.6. The predicted octanol–water partition coefficient (Wildman–Crippen LogP) is 2.52. The normalized spacial score (nSPS) is 14.8. The molecular formula is C21H27FIN7O. The van der Waals surface area contributed by atoms with Gasteiger partial charge in [0.1, 0.15) is 12.4 Å². The van der Waals surface area contributed by atoms with Crippen molar-refractivity contribution in [3.63, 3.8) is 0 Å². The molecule has 8 nitrogen and oxygen atoms in total. The van der Waals surface area contributed by atoms with E-state index in [1.165, 1.54) is 6.07 Å². The van der Waals surface area contributed by atoms with Gasteiger partial charge in [-0.25, -0.2) is 4.39 Å². The highest BCUT2D eigenvalue weighted by molar-refractivity contribution is 14.0. The van der Waals surface area contributed by atoms with E-state index in [4.69, 9.17) is 4.99 Å². The fourth-order valence-corrected chi connectivity index (χ4v) is 3.74. The Kier molecular flexibility index (Phi) is 7.52. The summed E-state index contributed by atoms with van der Waals surface area (Å²) in [5.74, 6) is 0.500. The Morgan fingerprint density at radius 2 is 2.19 bits per heavy atom. The third-order valence-electron chi connectivity index (χ3n) is 5.23. The zero-order valence-corrected chi connectivity index (χ0v) is 20.0. The molecule has 31 heavy (non-hydrogen) atoms. The first-order chi connectivity index (χ1) is 14.5. The molecule has 1 aliphatic rings. The minimum absolute atomic E-state index is 0. The van der Waals surface area contributed by atoms with Gasteiger partial charge in [0.2, 0.25) is 5.91 Å². The number of guanidine groups is 1. The second-order valence-electron chi connectivity index (χ2n) is 7.33. The van der Waals surface area contributed by atoms with Gasteiger partial charge in [-0.05, 0) is 37.1 Å². The molecular weight excluding hydrogens is 512 g/mol. The number of hydrogen-bond donors (Lipinski definition) is 2. The minimum atomic E-state index is -0.245. The van der Waals surface area contributed by atoms with E-state index in [2.05, 4.69) is 15.4 Å². The monoisotopic (exact) mass is 539 g/mol. The highest BCUT2D eigenvalue weighted by atomic mass is 127. The molecule has 0 bridgehead atoms.